The molecule has 110 valence electrons. The molecule has 0 radical (unpaired) electrons. The number of hydrogen-bond donors (Lipinski definition) is 0. The molecule has 0 aliphatic carbocycles. The van der Waals surface area contributed by atoms with Crippen LogP contribution in [0.15, 0.2) is 53.0 Å². The lowest BCUT2D eigenvalue weighted by atomic mass is 10.1. The Morgan fingerprint density at radius 1 is 1.09 bits per heavy atom. The lowest BCUT2D eigenvalue weighted by Crippen LogP contribution is -2.13. The minimum absolute atomic E-state index is 0.0341. The Morgan fingerprint density at radius 3 is 2.45 bits per heavy atom. The molecule has 0 unspecified atom stereocenters. The number of rotatable bonds is 4. The minimum atomic E-state index is -0.0341. The van der Waals surface area contributed by atoms with Gasteiger partial charge in [0.05, 0.1) is 0 Å². The van der Waals surface area contributed by atoms with Crippen molar-refractivity contribution >= 4 is 21.7 Å². The maximum atomic E-state index is 12.3. The summed E-state index contributed by atoms with van der Waals surface area (Å²) in [6, 6.07) is 15.1. The highest BCUT2D eigenvalue weighted by atomic mass is 79.9. The topological polar surface area (TPSA) is 60.7 Å². The smallest absolute Gasteiger partial charge is 0.184 e. The zero-order valence-corrected chi connectivity index (χ0v) is 13.5. The molecule has 0 atom stereocenters. The molecule has 1 aromatic heterocycles. The summed E-state index contributed by atoms with van der Waals surface area (Å²) < 4.78 is 2.46. The van der Waals surface area contributed by atoms with E-state index in [0.29, 0.717) is 11.4 Å². The van der Waals surface area contributed by atoms with Gasteiger partial charge in [-0.1, -0.05) is 57.9 Å². The second-order valence-electron chi connectivity index (χ2n) is 4.96. The predicted octanol–water partition coefficient (Wildman–Crippen LogP) is 3.29. The number of aryl methyl sites for hydroxylation is 1. The Balaban J connectivity index is 1.84. The molecule has 0 N–H and O–H groups in total. The van der Waals surface area contributed by atoms with Crippen LogP contribution in [0.5, 0.6) is 0 Å². The zero-order chi connectivity index (χ0) is 15.5. The first-order valence-corrected chi connectivity index (χ1v) is 7.55. The first-order chi connectivity index (χ1) is 10.6. The van der Waals surface area contributed by atoms with Crippen molar-refractivity contribution in [2.24, 2.45) is 0 Å². The number of Topliss-reactive ketones (excluding diaryl/α,β-unsaturated/α-hetero) is 1. The van der Waals surface area contributed by atoms with E-state index in [2.05, 4.69) is 31.5 Å². The summed E-state index contributed by atoms with van der Waals surface area (Å²) in [5, 5.41) is 11.6. The summed E-state index contributed by atoms with van der Waals surface area (Å²) >= 11 is 3.35. The van der Waals surface area contributed by atoms with Gasteiger partial charge in [-0.05, 0) is 29.5 Å². The largest absolute Gasteiger partial charge is 0.292 e. The van der Waals surface area contributed by atoms with E-state index in [0.717, 1.165) is 15.6 Å². The van der Waals surface area contributed by atoms with E-state index in [9.17, 15) is 4.79 Å². The highest BCUT2D eigenvalue weighted by Gasteiger charge is 2.13. The molecule has 5 nitrogen and oxygen atoms in total. The third-order valence-corrected chi connectivity index (χ3v) is 3.83. The molecular formula is C16H13BrN4O. The fourth-order valence-electron chi connectivity index (χ4n) is 2.08. The second-order valence-corrected chi connectivity index (χ2v) is 5.87. The van der Waals surface area contributed by atoms with Crippen molar-refractivity contribution in [2.45, 2.75) is 13.5 Å². The van der Waals surface area contributed by atoms with Crippen LogP contribution in [-0.2, 0) is 6.54 Å². The van der Waals surface area contributed by atoms with Gasteiger partial charge in [-0.15, -0.1) is 5.10 Å². The number of ketones is 1. The summed E-state index contributed by atoms with van der Waals surface area (Å²) in [7, 11) is 0. The number of aromatic nitrogens is 4. The quantitative estimate of drug-likeness (QED) is 0.673. The van der Waals surface area contributed by atoms with E-state index in [1.165, 1.54) is 4.68 Å². The van der Waals surface area contributed by atoms with E-state index in [4.69, 9.17) is 0 Å². The van der Waals surface area contributed by atoms with Gasteiger partial charge in [0, 0.05) is 15.6 Å². The average Bonchev–Trinajstić information content (AvgIpc) is 2.97. The number of carbonyl (C=O) groups is 1. The molecule has 0 spiro atoms. The van der Waals surface area contributed by atoms with Crippen molar-refractivity contribution in [2.75, 3.05) is 0 Å². The van der Waals surface area contributed by atoms with Crippen molar-refractivity contribution in [3.05, 3.63) is 64.1 Å². The first kappa shape index (κ1) is 14.6. The molecule has 0 aliphatic rings. The van der Waals surface area contributed by atoms with Gasteiger partial charge >= 0.3 is 0 Å². The number of tetrazole rings is 1. The van der Waals surface area contributed by atoms with Gasteiger partial charge in [0.25, 0.3) is 0 Å². The maximum Gasteiger partial charge on any atom is 0.184 e. The number of carbonyl (C=O) groups excluding carboxylic acids is 1. The van der Waals surface area contributed by atoms with Crippen LogP contribution >= 0.6 is 15.9 Å². The van der Waals surface area contributed by atoms with Gasteiger partial charge in [-0.3, -0.25) is 4.79 Å². The lowest BCUT2D eigenvalue weighted by molar-refractivity contribution is 0.0967. The Labute approximate surface area is 136 Å². The fourth-order valence-corrected chi connectivity index (χ4v) is 2.35. The highest BCUT2D eigenvalue weighted by Crippen LogP contribution is 2.17. The van der Waals surface area contributed by atoms with Crippen LogP contribution in [0.4, 0.5) is 0 Å². The Bertz CT molecular complexity index is 794. The van der Waals surface area contributed by atoms with Gasteiger partial charge in [-0.25, -0.2) is 4.68 Å². The minimum Gasteiger partial charge on any atom is -0.292 e. The third kappa shape index (κ3) is 3.12. The summed E-state index contributed by atoms with van der Waals surface area (Å²) in [6.45, 7) is 2.13. The van der Waals surface area contributed by atoms with Crippen molar-refractivity contribution in [3.63, 3.8) is 0 Å². The molecule has 0 saturated carbocycles. The molecule has 0 aliphatic heterocycles. The highest BCUT2D eigenvalue weighted by molar-refractivity contribution is 9.10. The van der Waals surface area contributed by atoms with E-state index in [-0.39, 0.29) is 12.3 Å². The van der Waals surface area contributed by atoms with Crippen molar-refractivity contribution < 1.29 is 4.79 Å². The summed E-state index contributed by atoms with van der Waals surface area (Å²) in [5.74, 6) is 0.554. The average molecular weight is 357 g/mol. The number of hydrogen-bond acceptors (Lipinski definition) is 4. The molecule has 0 fully saturated rings. The molecule has 0 bridgehead atoms. The normalized spacial score (nSPS) is 10.6. The summed E-state index contributed by atoms with van der Waals surface area (Å²) in [4.78, 5) is 12.3. The summed E-state index contributed by atoms with van der Waals surface area (Å²) in [6.07, 6.45) is 0. The molecule has 2 aromatic carbocycles. The van der Waals surface area contributed by atoms with E-state index >= 15 is 0 Å². The zero-order valence-electron chi connectivity index (χ0n) is 11.9. The molecule has 0 saturated heterocycles. The molecule has 6 heteroatoms. The Kier molecular flexibility index (Phi) is 4.11. The monoisotopic (exact) mass is 356 g/mol. The van der Waals surface area contributed by atoms with Crippen LogP contribution in [0.1, 0.15) is 15.9 Å². The number of nitrogens with zero attached hydrogens (tertiary/aromatic N) is 4. The Hall–Kier alpha value is -2.34. The molecular weight excluding hydrogens is 344 g/mol. The molecule has 0 amide bonds. The maximum absolute atomic E-state index is 12.3. The standard InChI is InChI=1S/C16H13BrN4O/c1-11-2-4-13(5-3-11)16-18-19-20-21(16)10-15(22)12-6-8-14(17)9-7-12/h2-9H,10H2,1H3. The molecule has 3 aromatic rings. The van der Waals surface area contributed by atoms with Crippen LogP contribution in [0.3, 0.4) is 0 Å². The SMILES string of the molecule is Cc1ccc(-c2nnnn2CC(=O)c2ccc(Br)cc2)cc1. The van der Waals surface area contributed by atoms with E-state index in [1.807, 2.05) is 43.3 Å². The van der Waals surface area contributed by atoms with Gasteiger partial charge in [0.15, 0.2) is 11.6 Å². The molecule has 22 heavy (non-hydrogen) atoms. The third-order valence-electron chi connectivity index (χ3n) is 3.30. The van der Waals surface area contributed by atoms with E-state index < -0.39 is 0 Å². The van der Waals surface area contributed by atoms with Crippen LogP contribution in [-0.4, -0.2) is 26.0 Å². The number of halogens is 1. The number of benzene rings is 2. The van der Waals surface area contributed by atoms with Gasteiger partial charge in [0.2, 0.25) is 0 Å². The van der Waals surface area contributed by atoms with Crippen LogP contribution in [0, 0.1) is 6.92 Å². The molecule has 1 heterocycles. The first-order valence-electron chi connectivity index (χ1n) is 6.75. The summed E-state index contributed by atoms with van der Waals surface area (Å²) in [5.41, 5.74) is 2.68. The Morgan fingerprint density at radius 2 is 1.77 bits per heavy atom. The van der Waals surface area contributed by atoms with Crippen LogP contribution in [0.25, 0.3) is 11.4 Å². The second kappa shape index (κ2) is 6.19. The van der Waals surface area contributed by atoms with Crippen molar-refractivity contribution in [1.82, 2.24) is 20.2 Å². The fraction of sp³-hybridized carbons (Fsp3) is 0.125. The van der Waals surface area contributed by atoms with Gasteiger partial charge < -0.3 is 0 Å². The lowest BCUT2D eigenvalue weighted by Gasteiger charge is -2.05. The predicted molar refractivity (Wildman–Crippen MR) is 86.5 cm³/mol. The van der Waals surface area contributed by atoms with Gasteiger partial charge in [-0.2, -0.15) is 0 Å². The van der Waals surface area contributed by atoms with Crippen molar-refractivity contribution in [1.29, 1.82) is 0 Å². The molecule has 3 rings (SSSR count). The van der Waals surface area contributed by atoms with Gasteiger partial charge in [0.1, 0.15) is 6.54 Å². The van der Waals surface area contributed by atoms with E-state index in [1.54, 1.807) is 12.1 Å². The van der Waals surface area contributed by atoms with Crippen molar-refractivity contribution in [3.8, 4) is 11.4 Å². The van der Waals surface area contributed by atoms with Crippen LogP contribution in [0.2, 0.25) is 0 Å². The van der Waals surface area contributed by atoms with Crippen LogP contribution < -0.4 is 0 Å².